The molecule has 2 aliphatic heterocycles. The Balaban J connectivity index is 1.59. The third-order valence-corrected chi connectivity index (χ3v) is 7.58. The molecule has 2 fully saturated rings. The van der Waals surface area contributed by atoms with Gasteiger partial charge in [0, 0.05) is 31.0 Å². The van der Waals surface area contributed by atoms with Gasteiger partial charge >= 0.3 is 0 Å². The lowest BCUT2D eigenvalue weighted by Crippen LogP contribution is -2.41. The lowest BCUT2D eigenvalue weighted by Gasteiger charge is -2.36. The van der Waals surface area contributed by atoms with Gasteiger partial charge in [-0.15, -0.1) is 0 Å². The van der Waals surface area contributed by atoms with Crippen LogP contribution in [-0.2, 0) is 14.8 Å². The van der Waals surface area contributed by atoms with Crippen LogP contribution in [0.2, 0.25) is 0 Å². The van der Waals surface area contributed by atoms with E-state index in [1.54, 1.807) is 12.1 Å². The Morgan fingerprint density at radius 2 is 1.77 bits per heavy atom. The van der Waals surface area contributed by atoms with Crippen LogP contribution in [0.1, 0.15) is 6.42 Å². The minimum absolute atomic E-state index is 0.00000826. The molecule has 26 heavy (non-hydrogen) atoms. The van der Waals surface area contributed by atoms with Gasteiger partial charge in [0.15, 0.2) is 0 Å². The van der Waals surface area contributed by atoms with Crippen LogP contribution < -0.4 is 0 Å². The van der Waals surface area contributed by atoms with Crippen LogP contribution in [0, 0.1) is 11.3 Å². The van der Waals surface area contributed by atoms with Gasteiger partial charge in [0.05, 0.1) is 18.1 Å². The highest BCUT2D eigenvalue weighted by molar-refractivity contribution is 7.89. The molecule has 0 aliphatic carbocycles. The summed E-state index contributed by atoms with van der Waals surface area (Å²) in [6, 6.07) is 16.9. The number of ether oxygens (including phenoxy) is 1. The number of benzene rings is 2. The van der Waals surface area contributed by atoms with E-state index in [1.165, 1.54) is 4.31 Å². The number of hydrogen-bond donors (Lipinski definition) is 1. The van der Waals surface area contributed by atoms with Crippen molar-refractivity contribution in [3.05, 3.63) is 54.6 Å². The highest BCUT2D eigenvalue weighted by atomic mass is 32.2. The highest BCUT2D eigenvalue weighted by Crippen LogP contribution is 2.43. The molecule has 2 heterocycles. The normalized spacial score (nSPS) is 26.6. The van der Waals surface area contributed by atoms with E-state index in [4.69, 9.17) is 4.74 Å². The Labute approximate surface area is 154 Å². The first-order valence-electron chi connectivity index (χ1n) is 8.89. The fourth-order valence-corrected chi connectivity index (χ4v) is 5.62. The van der Waals surface area contributed by atoms with Gasteiger partial charge in [-0.05, 0) is 29.7 Å². The molecule has 0 radical (unpaired) electrons. The second-order valence-corrected chi connectivity index (χ2v) is 9.17. The lowest BCUT2D eigenvalue weighted by molar-refractivity contribution is -0.0414. The summed E-state index contributed by atoms with van der Waals surface area (Å²) in [5.41, 5.74) is 1.68. The molecule has 2 aromatic carbocycles. The average Bonchev–Trinajstić information content (AvgIpc) is 3.10. The Hall–Kier alpha value is -1.73. The van der Waals surface area contributed by atoms with Crippen molar-refractivity contribution in [2.45, 2.75) is 11.3 Å². The first kappa shape index (κ1) is 17.7. The molecule has 138 valence electrons. The molecule has 2 atom stereocenters. The second kappa shape index (κ2) is 6.78. The standard InChI is InChI=1S/C20H23NO4S/c22-15-20-10-11-25-13-18(20)12-21(14-20)26(23,24)19-8-6-17(7-9-19)16-4-2-1-3-5-16/h1-9,18,22H,10-15H2/t18-,20-/m1/s1. The van der Waals surface area contributed by atoms with E-state index in [9.17, 15) is 13.5 Å². The zero-order valence-electron chi connectivity index (χ0n) is 14.5. The van der Waals surface area contributed by atoms with E-state index in [0.717, 1.165) is 11.1 Å². The molecule has 0 spiro atoms. The van der Waals surface area contributed by atoms with Crippen LogP contribution in [0.5, 0.6) is 0 Å². The summed E-state index contributed by atoms with van der Waals surface area (Å²) in [5.74, 6) is 0.0552. The fourth-order valence-electron chi connectivity index (χ4n) is 4.04. The van der Waals surface area contributed by atoms with E-state index in [0.29, 0.717) is 37.6 Å². The van der Waals surface area contributed by atoms with E-state index in [2.05, 4.69) is 0 Å². The molecule has 0 amide bonds. The van der Waals surface area contributed by atoms with Gasteiger partial charge in [0.1, 0.15) is 0 Å². The lowest BCUT2D eigenvalue weighted by atomic mass is 9.75. The van der Waals surface area contributed by atoms with E-state index in [1.807, 2.05) is 42.5 Å². The molecule has 1 N–H and O–H groups in total. The molecule has 5 nitrogen and oxygen atoms in total. The second-order valence-electron chi connectivity index (χ2n) is 7.23. The Bertz CT molecular complexity index is 866. The average molecular weight is 373 g/mol. The SMILES string of the molecule is O=S(=O)(c1ccc(-c2ccccc2)cc1)N1C[C@@H]2COCC[C@]2(CO)C1. The molecule has 0 bridgehead atoms. The van der Waals surface area contributed by atoms with Crippen LogP contribution in [0.15, 0.2) is 59.5 Å². The number of fused-ring (bicyclic) bond motifs is 1. The summed E-state index contributed by atoms with van der Waals surface area (Å²) in [6.07, 6.45) is 0.702. The van der Waals surface area contributed by atoms with Crippen molar-refractivity contribution in [2.24, 2.45) is 11.3 Å². The number of hydrogen-bond acceptors (Lipinski definition) is 4. The summed E-state index contributed by atoms with van der Waals surface area (Å²) in [7, 11) is -3.58. The van der Waals surface area contributed by atoms with Gasteiger partial charge in [-0.3, -0.25) is 0 Å². The first-order valence-corrected chi connectivity index (χ1v) is 10.3. The topological polar surface area (TPSA) is 66.8 Å². The third kappa shape index (κ3) is 2.97. The fraction of sp³-hybridized carbons (Fsp3) is 0.400. The summed E-state index contributed by atoms with van der Waals surface area (Å²) < 4.78 is 33.2. The zero-order chi connectivity index (χ0) is 18.2. The smallest absolute Gasteiger partial charge is 0.243 e. The van der Waals surface area contributed by atoms with Gasteiger partial charge in [-0.25, -0.2) is 8.42 Å². The molecule has 2 saturated heterocycles. The zero-order valence-corrected chi connectivity index (χ0v) is 15.4. The predicted octanol–water partition coefficient (Wildman–Crippen LogP) is 2.37. The number of aliphatic hydroxyl groups is 1. The van der Waals surface area contributed by atoms with E-state index < -0.39 is 10.0 Å². The monoisotopic (exact) mass is 373 g/mol. The van der Waals surface area contributed by atoms with Crippen LogP contribution in [0.3, 0.4) is 0 Å². The summed E-state index contributed by atoms with van der Waals surface area (Å²) in [6.45, 7) is 1.86. The molecule has 2 aliphatic rings. The molecule has 2 aromatic rings. The molecule has 4 rings (SSSR count). The molecule has 6 heteroatoms. The van der Waals surface area contributed by atoms with E-state index >= 15 is 0 Å². The molecule has 0 saturated carbocycles. The number of rotatable bonds is 4. The van der Waals surface area contributed by atoms with Crippen molar-refractivity contribution in [1.82, 2.24) is 4.31 Å². The highest BCUT2D eigenvalue weighted by Gasteiger charge is 2.51. The minimum Gasteiger partial charge on any atom is -0.396 e. The quantitative estimate of drug-likeness (QED) is 0.894. The van der Waals surface area contributed by atoms with Crippen molar-refractivity contribution in [2.75, 3.05) is 32.9 Å². The Morgan fingerprint density at radius 1 is 1.08 bits per heavy atom. The van der Waals surface area contributed by atoms with Gasteiger partial charge in [-0.1, -0.05) is 42.5 Å². The Morgan fingerprint density at radius 3 is 2.42 bits per heavy atom. The van der Waals surface area contributed by atoms with Crippen LogP contribution in [-0.4, -0.2) is 50.7 Å². The third-order valence-electron chi connectivity index (χ3n) is 5.76. The number of nitrogens with zero attached hydrogens (tertiary/aromatic N) is 1. The van der Waals surface area contributed by atoms with Crippen LogP contribution >= 0.6 is 0 Å². The first-order chi connectivity index (χ1) is 12.5. The number of aliphatic hydroxyl groups excluding tert-OH is 1. The van der Waals surface area contributed by atoms with Crippen molar-refractivity contribution in [3.8, 4) is 11.1 Å². The summed E-state index contributed by atoms with van der Waals surface area (Å²) >= 11 is 0. The molecular formula is C20H23NO4S. The van der Waals surface area contributed by atoms with Crippen LogP contribution in [0.25, 0.3) is 11.1 Å². The summed E-state index contributed by atoms with van der Waals surface area (Å²) in [4.78, 5) is 0.296. The van der Waals surface area contributed by atoms with Crippen molar-refractivity contribution in [3.63, 3.8) is 0 Å². The van der Waals surface area contributed by atoms with Gasteiger partial charge in [0.25, 0.3) is 0 Å². The molecule has 0 aromatic heterocycles. The maximum absolute atomic E-state index is 13.1. The van der Waals surface area contributed by atoms with Crippen LogP contribution in [0.4, 0.5) is 0 Å². The summed E-state index contributed by atoms with van der Waals surface area (Å²) in [5, 5.41) is 9.89. The largest absolute Gasteiger partial charge is 0.396 e. The predicted molar refractivity (Wildman–Crippen MR) is 99.1 cm³/mol. The van der Waals surface area contributed by atoms with E-state index in [-0.39, 0.29) is 17.9 Å². The maximum Gasteiger partial charge on any atom is 0.243 e. The van der Waals surface area contributed by atoms with Crippen molar-refractivity contribution < 1.29 is 18.3 Å². The molecule has 0 unspecified atom stereocenters. The van der Waals surface area contributed by atoms with Crippen molar-refractivity contribution >= 4 is 10.0 Å². The van der Waals surface area contributed by atoms with Crippen molar-refractivity contribution in [1.29, 1.82) is 0 Å². The van der Waals surface area contributed by atoms with Gasteiger partial charge < -0.3 is 9.84 Å². The molecular weight excluding hydrogens is 350 g/mol. The number of sulfonamides is 1. The minimum atomic E-state index is -3.58. The Kier molecular flexibility index (Phi) is 4.61. The van der Waals surface area contributed by atoms with Gasteiger partial charge in [-0.2, -0.15) is 4.31 Å². The maximum atomic E-state index is 13.1. The van der Waals surface area contributed by atoms with Gasteiger partial charge in [0.2, 0.25) is 10.0 Å².